The van der Waals surface area contributed by atoms with Crippen LogP contribution in [0.4, 0.5) is 11.4 Å². The number of unbranched alkanes of at least 4 members (excludes halogenated alkanes) is 2. The molecule has 0 spiro atoms. The van der Waals surface area contributed by atoms with Gasteiger partial charge in [-0.05, 0) is 60.5 Å². The number of para-hydroxylation sites is 1. The lowest BCUT2D eigenvalue weighted by atomic mass is 9.99. The van der Waals surface area contributed by atoms with E-state index in [-0.39, 0.29) is 5.92 Å². The van der Waals surface area contributed by atoms with Gasteiger partial charge in [-0.2, -0.15) is 5.26 Å². The Balaban J connectivity index is 1.91. The van der Waals surface area contributed by atoms with Gasteiger partial charge in [0.1, 0.15) is 12.6 Å². The van der Waals surface area contributed by atoms with Crippen molar-refractivity contribution in [3.8, 4) is 6.07 Å². The molecule has 0 aliphatic carbocycles. The summed E-state index contributed by atoms with van der Waals surface area (Å²) in [6.45, 7) is 7.85. The normalized spacial score (nSPS) is 13.9. The first-order chi connectivity index (χ1) is 15.5. The lowest BCUT2D eigenvalue weighted by Crippen LogP contribution is -2.44. The molecule has 0 bridgehead atoms. The summed E-state index contributed by atoms with van der Waals surface area (Å²) >= 11 is 0. The maximum atomic E-state index is 12.0. The Kier molecular flexibility index (Phi) is 8.30. The monoisotopic (exact) mass is 433 g/mol. The lowest BCUT2D eigenvalue weighted by molar-refractivity contribution is -0.145. The van der Waals surface area contributed by atoms with E-state index in [0.717, 1.165) is 55.6 Å². The summed E-state index contributed by atoms with van der Waals surface area (Å²) in [5.74, 6) is -0.711. The minimum atomic E-state index is -0.748. The molecule has 1 aliphatic rings. The predicted octanol–water partition coefficient (Wildman–Crippen LogP) is 5.55. The molecule has 32 heavy (non-hydrogen) atoms. The molecule has 0 radical (unpaired) electrons. The van der Waals surface area contributed by atoms with E-state index in [1.54, 1.807) is 0 Å². The summed E-state index contributed by atoms with van der Waals surface area (Å²) < 4.78 is 0. The average Bonchev–Trinajstić information content (AvgIpc) is 2.91. The number of carboxylic acid groups (broad SMARTS) is 1. The van der Waals surface area contributed by atoms with E-state index >= 15 is 0 Å². The smallest absolute Gasteiger partial charge is 0.321 e. The quantitative estimate of drug-likeness (QED) is 0.393. The number of aliphatic carboxylic acids is 1. The second-order valence-corrected chi connectivity index (χ2v) is 9.04. The standard InChI is InChI=1S/C27H35N3O2/c1-4-5-8-16-29(26(20(2)3)27(31)32)19-21-11-14-25-23(18-21)13-12-22-9-6-7-10-24(22)30(25)17-15-28/h6-7,9-11,14,18,20,26H,4-5,8,12-13,16-17,19H2,1-3H3,(H,31,32)/t26-/m0/s1. The van der Waals surface area contributed by atoms with Crippen LogP contribution in [0.15, 0.2) is 42.5 Å². The van der Waals surface area contributed by atoms with Crippen LogP contribution in [0.2, 0.25) is 0 Å². The van der Waals surface area contributed by atoms with Gasteiger partial charge in [0.05, 0.1) is 6.07 Å². The summed E-state index contributed by atoms with van der Waals surface area (Å²) in [5, 5.41) is 19.3. The zero-order chi connectivity index (χ0) is 23.1. The number of carbonyl (C=O) groups is 1. The van der Waals surface area contributed by atoms with Gasteiger partial charge in [-0.15, -0.1) is 0 Å². The fourth-order valence-corrected chi connectivity index (χ4v) is 4.81. The average molecular weight is 434 g/mol. The lowest BCUT2D eigenvalue weighted by Gasteiger charge is -2.32. The van der Waals surface area contributed by atoms with Gasteiger partial charge in [-0.3, -0.25) is 9.69 Å². The predicted molar refractivity (Wildman–Crippen MR) is 129 cm³/mol. The van der Waals surface area contributed by atoms with Crippen LogP contribution < -0.4 is 4.90 Å². The molecule has 0 aromatic heterocycles. The largest absolute Gasteiger partial charge is 0.480 e. The van der Waals surface area contributed by atoms with E-state index in [1.807, 2.05) is 19.9 Å². The third-order valence-corrected chi connectivity index (χ3v) is 6.32. The molecule has 3 rings (SSSR count). The van der Waals surface area contributed by atoms with Crippen molar-refractivity contribution >= 4 is 17.3 Å². The Morgan fingerprint density at radius 2 is 1.84 bits per heavy atom. The maximum absolute atomic E-state index is 12.0. The van der Waals surface area contributed by atoms with Crippen molar-refractivity contribution in [2.45, 2.75) is 65.5 Å². The van der Waals surface area contributed by atoms with Gasteiger partial charge in [0.2, 0.25) is 0 Å². The summed E-state index contributed by atoms with van der Waals surface area (Å²) in [4.78, 5) is 16.3. The number of anilines is 2. The number of hydrogen-bond donors (Lipinski definition) is 1. The van der Waals surface area contributed by atoms with Gasteiger partial charge >= 0.3 is 5.97 Å². The molecule has 170 valence electrons. The van der Waals surface area contributed by atoms with Gasteiger partial charge in [-0.1, -0.05) is 63.9 Å². The molecule has 0 saturated heterocycles. The molecule has 1 atom stereocenters. The fraction of sp³-hybridized carbons (Fsp3) is 0.481. The number of carboxylic acids is 1. The van der Waals surface area contributed by atoms with Crippen molar-refractivity contribution in [3.05, 3.63) is 59.2 Å². The molecule has 0 amide bonds. The molecule has 0 fully saturated rings. The highest BCUT2D eigenvalue weighted by atomic mass is 16.4. The molecule has 0 saturated carbocycles. The zero-order valence-corrected chi connectivity index (χ0v) is 19.6. The Hall–Kier alpha value is -2.84. The molecule has 0 unspecified atom stereocenters. The van der Waals surface area contributed by atoms with Crippen molar-refractivity contribution in [1.29, 1.82) is 5.26 Å². The number of benzene rings is 2. The van der Waals surface area contributed by atoms with Gasteiger partial charge in [-0.25, -0.2) is 0 Å². The van der Waals surface area contributed by atoms with Crippen molar-refractivity contribution in [1.82, 2.24) is 4.90 Å². The summed E-state index contributed by atoms with van der Waals surface area (Å²) in [6.07, 6.45) is 5.06. The molecule has 5 nitrogen and oxygen atoms in total. The highest BCUT2D eigenvalue weighted by Gasteiger charge is 2.29. The van der Waals surface area contributed by atoms with E-state index in [4.69, 9.17) is 0 Å². The van der Waals surface area contributed by atoms with Crippen LogP contribution in [-0.4, -0.2) is 35.1 Å². The van der Waals surface area contributed by atoms with Crippen molar-refractivity contribution in [3.63, 3.8) is 0 Å². The minimum absolute atomic E-state index is 0.0376. The molecule has 1 aliphatic heterocycles. The van der Waals surface area contributed by atoms with E-state index < -0.39 is 12.0 Å². The number of hydrogen-bond acceptors (Lipinski definition) is 4. The number of rotatable bonds is 10. The van der Waals surface area contributed by atoms with Crippen molar-refractivity contribution in [2.24, 2.45) is 5.92 Å². The number of nitrogens with zero attached hydrogens (tertiary/aromatic N) is 3. The first-order valence-corrected chi connectivity index (χ1v) is 11.8. The van der Waals surface area contributed by atoms with Crippen LogP contribution in [-0.2, 0) is 24.2 Å². The molecule has 5 heteroatoms. The molecule has 1 heterocycles. The Bertz CT molecular complexity index is 964. The van der Waals surface area contributed by atoms with E-state index in [2.05, 4.69) is 59.2 Å². The van der Waals surface area contributed by atoms with Gasteiger partial charge in [0.25, 0.3) is 0 Å². The van der Waals surface area contributed by atoms with Crippen molar-refractivity contribution < 1.29 is 9.90 Å². The van der Waals surface area contributed by atoms with E-state index in [0.29, 0.717) is 13.1 Å². The maximum Gasteiger partial charge on any atom is 0.321 e. The van der Waals surface area contributed by atoms with Gasteiger partial charge in [0.15, 0.2) is 0 Å². The number of fused-ring (bicyclic) bond motifs is 2. The summed E-state index contributed by atoms with van der Waals surface area (Å²) in [7, 11) is 0. The third-order valence-electron chi connectivity index (χ3n) is 6.32. The minimum Gasteiger partial charge on any atom is -0.480 e. The van der Waals surface area contributed by atoms with Crippen molar-refractivity contribution in [2.75, 3.05) is 18.0 Å². The molecule has 2 aromatic rings. The SMILES string of the molecule is CCCCCN(Cc1ccc2c(c1)CCc1ccccc1N2CC#N)[C@H](C(=O)O)C(C)C. The third kappa shape index (κ3) is 5.49. The molecule has 1 N–H and O–H groups in total. The number of nitriles is 1. The fourth-order valence-electron chi connectivity index (χ4n) is 4.81. The topological polar surface area (TPSA) is 67.6 Å². The second kappa shape index (κ2) is 11.2. The van der Waals surface area contributed by atoms with Gasteiger partial charge < -0.3 is 10.0 Å². The Labute approximate surface area is 192 Å². The second-order valence-electron chi connectivity index (χ2n) is 9.04. The zero-order valence-electron chi connectivity index (χ0n) is 19.6. The van der Waals surface area contributed by atoms with Gasteiger partial charge in [0, 0.05) is 17.9 Å². The van der Waals surface area contributed by atoms with Crippen LogP contribution in [0.5, 0.6) is 0 Å². The van der Waals surface area contributed by atoms with Crippen LogP contribution in [0, 0.1) is 17.2 Å². The number of aryl methyl sites for hydroxylation is 2. The first kappa shape index (κ1) is 23.8. The highest BCUT2D eigenvalue weighted by Crippen LogP contribution is 2.36. The van der Waals surface area contributed by atoms with E-state index in [9.17, 15) is 15.2 Å². The molecule has 2 aromatic carbocycles. The Morgan fingerprint density at radius 3 is 2.53 bits per heavy atom. The molecular weight excluding hydrogens is 398 g/mol. The van der Waals surface area contributed by atoms with Crippen LogP contribution in [0.1, 0.15) is 56.7 Å². The molecular formula is C27H35N3O2. The Morgan fingerprint density at radius 1 is 1.12 bits per heavy atom. The van der Waals surface area contributed by atoms with Crippen LogP contribution in [0.25, 0.3) is 0 Å². The van der Waals surface area contributed by atoms with E-state index in [1.165, 1.54) is 11.1 Å². The first-order valence-electron chi connectivity index (χ1n) is 11.8. The highest BCUT2D eigenvalue weighted by molar-refractivity contribution is 5.74. The summed E-state index contributed by atoms with van der Waals surface area (Å²) in [6, 6.07) is 16.6. The summed E-state index contributed by atoms with van der Waals surface area (Å²) in [5.41, 5.74) is 5.80. The van der Waals surface area contributed by atoms with Crippen LogP contribution >= 0.6 is 0 Å². The van der Waals surface area contributed by atoms with Crippen LogP contribution in [0.3, 0.4) is 0 Å².